The fourth-order valence-corrected chi connectivity index (χ4v) is 5.11. The molecule has 142 valence electrons. The third kappa shape index (κ3) is 4.63. The van der Waals surface area contributed by atoms with Crippen molar-refractivity contribution in [2.24, 2.45) is 0 Å². The second kappa shape index (κ2) is 7.91. The van der Waals surface area contributed by atoms with E-state index in [0.29, 0.717) is 21.3 Å². The number of anilines is 1. The highest BCUT2D eigenvalue weighted by Gasteiger charge is 2.21. The van der Waals surface area contributed by atoms with Crippen LogP contribution in [0.5, 0.6) is 5.75 Å². The summed E-state index contributed by atoms with van der Waals surface area (Å²) < 4.78 is 59.7. The van der Waals surface area contributed by atoms with Crippen molar-refractivity contribution in [1.82, 2.24) is 4.98 Å². The molecule has 1 heterocycles. The lowest BCUT2D eigenvalue weighted by atomic mass is 10.1. The predicted octanol–water partition coefficient (Wildman–Crippen LogP) is 4.58. The predicted molar refractivity (Wildman–Crippen MR) is 103 cm³/mol. The number of aromatic nitrogens is 1. The third-order valence-corrected chi connectivity index (χ3v) is 6.45. The van der Waals surface area contributed by atoms with Gasteiger partial charge in [0.1, 0.15) is 10.6 Å². The first kappa shape index (κ1) is 19.7. The van der Waals surface area contributed by atoms with Gasteiger partial charge in [-0.15, -0.1) is 11.3 Å². The summed E-state index contributed by atoms with van der Waals surface area (Å²) in [6, 6.07) is 8.25. The Hall–Kier alpha value is -2.04. The average molecular weight is 475 g/mol. The van der Waals surface area contributed by atoms with E-state index in [2.05, 4.69) is 25.6 Å². The molecule has 3 aromatic rings. The molecular weight excluding hydrogens is 462 g/mol. The molecule has 0 saturated carbocycles. The van der Waals surface area contributed by atoms with E-state index in [1.54, 1.807) is 6.07 Å². The first-order valence-corrected chi connectivity index (χ1v) is 10.6. The zero-order valence-electron chi connectivity index (χ0n) is 13.9. The molecule has 0 fully saturated rings. The number of nitrogens with one attached hydrogen (secondary N) is 1. The maximum Gasteiger partial charge on any atom is 0.267 e. The summed E-state index contributed by atoms with van der Waals surface area (Å²) in [4.78, 5) is 4.71. The number of nitrogens with zero attached hydrogens (tertiary/aromatic N) is 1. The van der Waals surface area contributed by atoms with Crippen molar-refractivity contribution < 1.29 is 21.9 Å². The van der Waals surface area contributed by atoms with Crippen molar-refractivity contribution in [3.8, 4) is 5.75 Å². The van der Waals surface area contributed by atoms with Crippen LogP contribution < -0.4 is 9.46 Å². The van der Waals surface area contributed by atoms with Crippen molar-refractivity contribution in [1.29, 1.82) is 0 Å². The van der Waals surface area contributed by atoms with Crippen LogP contribution in [0.25, 0.3) is 0 Å². The molecule has 0 aliphatic rings. The number of methoxy groups -OCH3 is 1. The molecule has 0 bridgehead atoms. The molecule has 1 aromatic heterocycles. The summed E-state index contributed by atoms with van der Waals surface area (Å²) in [5, 5.41) is 0.162. The zero-order chi connectivity index (χ0) is 19.6. The summed E-state index contributed by atoms with van der Waals surface area (Å²) >= 11 is 4.34. The lowest BCUT2D eigenvalue weighted by Gasteiger charge is -2.10. The number of hydrogen-bond donors (Lipinski definition) is 1. The number of halogens is 3. The Morgan fingerprint density at radius 1 is 1.19 bits per heavy atom. The number of rotatable bonds is 6. The molecular formula is C17H13BrF2N2O3S2. The van der Waals surface area contributed by atoms with E-state index in [9.17, 15) is 17.2 Å². The Kier molecular flexibility index (Phi) is 5.78. The van der Waals surface area contributed by atoms with Gasteiger partial charge in [0.25, 0.3) is 10.0 Å². The van der Waals surface area contributed by atoms with E-state index < -0.39 is 21.7 Å². The number of benzene rings is 2. The first-order chi connectivity index (χ1) is 12.8. The molecule has 0 saturated heterocycles. The molecule has 2 aromatic carbocycles. The Balaban J connectivity index is 1.80. The Morgan fingerprint density at radius 3 is 2.67 bits per heavy atom. The standard InChI is InChI=1S/C17H13BrF2N2O3S2/c1-25-15-5-3-11(18)8-16(15)27(23,24)22-17-21-9-12(26-17)6-10-2-4-13(19)14(20)7-10/h2-5,7-9H,6H2,1H3,(H,21,22). The van der Waals surface area contributed by atoms with Crippen LogP contribution in [-0.4, -0.2) is 20.5 Å². The molecule has 10 heteroatoms. The van der Waals surface area contributed by atoms with Gasteiger partial charge in [0.05, 0.1) is 7.11 Å². The van der Waals surface area contributed by atoms with Gasteiger partial charge in [0.15, 0.2) is 16.8 Å². The summed E-state index contributed by atoms with van der Waals surface area (Å²) in [7, 11) is -2.54. The van der Waals surface area contributed by atoms with E-state index in [4.69, 9.17) is 4.74 Å². The molecule has 0 amide bonds. The van der Waals surface area contributed by atoms with Crippen LogP contribution in [0.15, 0.2) is 52.0 Å². The van der Waals surface area contributed by atoms with Gasteiger partial charge in [-0.25, -0.2) is 22.2 Å². The number of ether oxygens (including phenoxy) is 1. The maximum absolute atomic E-state index is 13.3. The van der Waals surface area contributed by atoms with Gasteiger partial charge in [0.2, 0.25) is 0 Å². The van der Waals surface area contributed by atoms with Gasteiger partial charge < -0.3 is 4.74 Å². The van der Waals surface area contributed by atoms with Crippen LogP contribution in [0, 0.1) is 11.6 Å². The van der Waals surface area contributed by atoms with Crippen molar-refractivity contribution in [3.05, 3.63) is 69.1 Å². The minimum Gasteiger partial charge on any atom is -0.495 e. The lowest BCUT2D eigenvalue weighted by Crippen LogP contribution is -2.13. The summed E-state index contributed by atoms with van der Waals surface area (Å²) in [6.07, 6.45) is 1.79. The molecule has 0 spiro atoms. The van der Waals surface area contributed by atoms with Gasteiger partial charge in [0, 0.05) is 22.0 Å². The number of thiazole rings is 1. The van der Waals surface area contributed by atoms with Gasteiger partial charge in [-0.1, -0.05) is 22.0 Å². The molecule has 0 radical (unpaired) electrons. The quantitative estimate of drug-likeness (QED) is 0.567. The fraction of sp³-hybridized carbons (Fsp3) is 0.118. The van der Waals surface area contributed by atoms with Crippen LogP contribution in [0.1, 0.15) is 10.4 Å². The van der Waals surface area contributed by atoms with Gasteiger partial charge in [-0.3, -0.25) is 4.72 Å². The van der Waals surface area contributed by atoms with E-state index in [0.717, 1.165) is 23.5 Å². The number of hydrogen-bond acceptors (Lipinski definition) is 5. The van der Waals surface area contributed by atoms with Gasteiger partial charge in [-0.2, -0.15) is 0 Å². The number of sulfonamides is 1. The Morgan fingerprint density at radius 2 is 1.96 bits per heavy atom. The Bertz CT molecular complexity index is 1090. The maximum atomic E-state index is 13.3. The zero-order valence-corrected chi connectivity index (χ0v) is 17.1. The van der Waals surface area contributed by atoms with Crippen LogP contribution >= 0.6 is 27.3 Å². The minimum absolute atomic E-state index is 0.0308. The molecule has 3 rings (SSSR count). The highest BCUT2D eigenvalue weighted by Crippen LogP contribution is 2.30. The van der Waals surface area contributed by atoms with E-state index in [-0.39, 0.29) is 15.8 Å². The molecule has 5 nitrogen and oxygen atoms in total. The van der Waals surface area contributed by atoms with Crippen LogP contribution in [0.4, 0.5) is 13.9 Å². The largest absolute Gasteiger partial charge is 0.495 e. The minimum atomic E-state index is -3.92. The van der Waals surface area contributed by atoms with Crippen molar-refractivity contribution >= 4 is 42.4 Å². The summed E-state index contributed by atoms with van der Waals surface area (Å²) in [5.41, 5.74) is 0.556. The third-order valence-electron chi connectivity index (χ3n) is 3.55. The lowest BCUT2D eigenvalue weighted by molar-refractivity contribution is 0.403. The average Bonchev–Trinajstić information content (AvgIpc) is 3.04. The van der Waals surface area contributed by atoms with Crippen molar-refractivity contribution in [3.63, 3.8) is 0 Å². The smallest absolute Gasteiger partial charge is 0.267 e. The van der Waals surface area contributed by atoms with Crippen molar-refractivity contribution in [2.45, 2.75) is 11.3 Å². The topological polar surface area (TPSA) is 68.3 Å². The summed E-state index contributed by atoms with van der Waals surface area (Å²) in [6.45, 7) is 0. The van der Waals surface area contributed by atoms with Gasteiger partial charge in [-0.05, 0) is 35.9 Å². The van der Waals surface area contributed by atoms with E-state index >= 15 is 0 Å². The summed E-state index contributed by atoms with van der Waals surface area (Å²) in [5.74, 6) is -1.65. The van der Waals surface area contributed by atoms with Crippen LogP contribution in [0.2, 0.25) is 0 Å². The Labute approximate surface area is 167 Å². The molecule has 0 atom stereocenters. The first-order valence-electron chi connectivity index (χ1n) is 7.53. The van der Waals surface area contributed by atoms with Crippen LogP contribution in [-0.2, 0) is 16.4 Å². The highest BCUT2D eigenvalue weighted by molar-refractivity contribution is 9.10. The van der Waals surface area contributed by atoms with E-state index in [1.807, 2.05) is 0 Å². The van der Waals surface area contributed by atoms with Crippen LogP contribution in [0.3, 0.4) is 0 Å². The van der Waals surface area contributed by atoms with E-state index in [1.165, 1.54) is 31.5 Å². The highest BCUT2D eigenvalue weighted by atomic mass is 79.9. The SMILES string of the molecule is COc1ccc(Br)cc1S(=O)(=O)Nc1ncc(Cc2ccc(F)c(F)c2)s1. The molecule has 0 aliphatic carbocycles. The normalized spacial score (nSPS) is 11.4. The molecule has 1 N–H and O–H groups in total. The van der Waals surface area contributed by atoms with Crippen molar-refractivity contribution in [2.75, 3.05) is 11.8 Å². The monoisotopic (exact) mass is 474 g/mol. The molecule has 0 aliphatic heterocycles. The second-order valence-electron chi connectivity index (χ2n) is 5.46. The van der Waals surface area contributed by atoms with Gasteiger partial charge >= 0.3 is 0 Å². The molecule has 0 unspecified atom stereocenters. The fourth-order valence-electron chi connectivity index (χ4n) is 2.32. The molecule has 27 heavy (non-hydrogen) atoms. The second-order valence-corrected chi connectivity index (χ2v) is 9.14.